The van der Waals surface area contributed by atoms with Crippen molar-refractivity contribution in [2.24, 2.45) is 0 Å². The van der Waals surface area contributed by atoms with Gasteiger partial charge in [-0.3, -0.25) is 9.59 Å². The number of carbonyl (C=O) groups excluding carboxylic acids is 1. The van der Waals surface area contributed by atoms with E-state index in [2.05, 4.69) is 5.32 Å². The highest BCUT2D eigenvalue weighted by atomic mass is 32.1. The zero-order valence-corrected chi connectivity index (χ0v) is 16.3. The molecule has 1 aromatic carbocycles. The molecule has 3 aromatic rings. The molecule has 0 radical (unpaired) electrons. The van der Waals surface area contributed by atoms with Crippen LogP contribution in [-0.2, 0) is 17.8 Å². The van der Waals surface area contributed by atoms with Crippen LogP contribution in [0.5, 0.6) is 0 Å². The van der Waals surface area contributed by atoms with Gasteiger partial charge < -0.3 is 9.88 Å². The molecule has 1 N–H and O–H groups in total. The summed E-state index contributed by atoms with van der Waals surface area (Å²) in [6.07, 6.45) is 4.35. The summed E-state index contributed by atoms with van der Waals surface area (Å²) in [4.78, 5) is 30.4. The molecule has 4 rings (SSSR count). The molecule has 1 aliphatic carbocycles. The van der Waals surface area contributed by atoms with Gasteiger partial charge in [-0.25, -0.2) is 9.37 Å². The lowest BCUT2D eigenvalue weighted by Crippen LogP contribution is -2.35. The Labute approximate surface area is 165 Å². The van der Waals surface area contributed by atoms with Crippen LogP contribution >= 0.6 is 11.3 Å². The Hall–Kier alpha value is -2.80. The maximum Gasteiger partial charge on any atom is 0.251 e. The first-order valence-corrected chi connectivity index (χ1v) is 10.0. The normalized spacial score (nSPS) is 15.9. The summed E-state index contributed by atoms with van der Waals surface area (Å²) in [6, 6.07) is 9.45. The molecule has 2 aromatic heterocycles. The third kappa shape index (κ3) is 3.89. The number of amides is 1. The summed E-state index contributed by atoms with van der Waals surface area (Å²) in [5.74, 6) is -0.485. The van der Waals surface area contributed by atoms with Gasteiger partial charge in [0.05, 0.1) is 11.7 Å². The summed E-state index contributed by atoms with van der Waals surface area (Å²) >= 11 is 1.59. The minimum Gasteiger partial charge on any atom is -0.346 e. The average molecular weight is 397 g/mol. The van der Waals surface area contributed by atoms with Crippen molar-refractivity contribution in [3.05, 3.63) is 74.9 Å². The minimum absolute atomic E-state index is 0.0140. The molecular weight excluding hydrogens is 377 g/mol. The van der Waals surface area contributed by atoms with E-state index >= 15 is 0 Å². The number of pyridine rings is 1. The number of nitrogens with zero attached hydrogens (tertiary/aromatic N) is 2. The van der Waals surface area contributed by atoms with Crippen LogP contribution in [0.2, 0.25) is 0 Å². The molecule has 0 bridgehead atoms. The van der Waals surface area contributed by atoms with Crippen LogP contribution in [0.15, 0.2) is 47.4 Å². The molecule has 1 amide bonds. The number of halogens is 1. The second kappa shape index (κ2) is 7.67. The number of carbonyl (C=O) groups is 1. The van der Waals surface area contributed by atoms with Crippen molar-refractivity contribution in [1.82, 2.24) is 14.9 Å². The van der Waals surface area contributed by atoms with E-state index in [9.17, 15) is 14.0 Å². The second-order valence-corrected chi connectivity index (χ2v) is 8.10. The maximum absolute atomic E-state index is 13.2. The van der Waals surface area contributed by atoms with Crippen molar-refractivity contribution in [1.29, 1.82) is 0 Å². The molecule has 1 aliphatic rings. The Kier molecular flexibility index (Phi) is 5.09. The number of fused-ring (bicyclic) bond motifs is 1. The van der Waals surface area contributed by atoms with E-state index in [-0.39, 0.29) is 29.9 Å². The summed E-state index contributed by atoms with van der Waals surface area (Å²) in [6.45, 7) is 1.83. The highest BCUT2D eigenvalue weighted by molar-refractivity contribution is 7.15. The number of nitrogens with one attached hydrogen (secondary N) is 1. The maximum atomic E-state index is 13.2. The van der Waals surface area contributed by atoms with Crippen LogP contribution < -0.4 is 10.9 Å². The number of aromatic nitrogens is 2. The van der Waals surface area contributed by atoms with Crippen LogP contribution in [0.4, 0.5) is 4.39 Å². The summed E-state index contributed by atoms with van der Waals surface area (Å²) < 4.78 is 14.6. The van der Waals surface area contributed by atoms with Gasteiger partial charge in [-0.1, -0.05) is 0 Å². The molecule has 0 spiro atoms. The fourth-order valence-corrected chi connectivity index (χ4v) is 4.58. The molecule has 5 nitrogen and oxygen atoms in total. The lowest BCUT2D eigenvalue weighted by atomic mass is 9.97. The molecule has 0 aliphatic heterocycles. The third-order valence-electron chi connectivity index (χ3n) is 4.85. The Bertz CT molecular complexity index is 1070. The fourth-order valence-electron chi connectivity index (χ4n) is 3.41. The van der Waals surface area contributed by atoms with Crippen LogP contribution in [0.25, 0.3) is 10.6 Å². The Balaban J connectivity index is 1.52. The standard InChI is InChI=1S/C21H20FN3O2S/c1-13-9-10-25(19(27)11-13)12-18(26)23-16-3-2-4-17-20(16)24-21(28-17)14-5-7-15(22)8-6-14/h5-11,16H,2-4,12H2,1H3,(H,23,26). The van der Waals surface area contributed by atoms with Gasteiger partial charge in [-0.2, -0.15) is 0 Å². The predicted octanol–water partition coefficient (Wildman–Crippen LogP) is 3.61. The molecule has 2 heterocycles. The third-order valence-corrected chi connectivity index (χ3v) is 6.03. The number of hydrogen-bond donors (Lipinski definition) is 1. The molecule has 0 saturated heterocycles. The molecule has 7 heteroatoms. The molecule has 144 valence electrons. The predicted molar refractivity (Wildman–Crippen MR) is 107 cm³/mol. The molecular formula is C21H20FN3O2S. The Morgan fingerprint density at radius 2 is 2.11 bits per heavy atom. The fraction of sp³-hybridized carbons (Fsp3) is 0.286. The highest BCUT2D eigenvalue weighted by Crippen LogP contribution is 2.37. The number of hydrogen-bond acceptors (Lipinski definition) is 4. The number of thiazole rings is 1. The van der Waals surface area contributed by atoms with Crippen molar-refractivity contribution < 1.29 is 9.18 Å². The van der Waals surface area contributed by atoms with Gasteiger partial charge >= 0.3 is 0 Å². The van der Waals surface area contributed by atoms with E-state index in [1.807, 2.05) is 13.0 Å². The molecule has 0 saturated carbocycles. The number of aryl methyl sites for hydroxylation is 2. The molecule has 0 fully saturated rings. The minimum atomic E-state index is -0.276. The lowest BCUT2D eigenvalue weighted by molar-refractivity contribution is -0.122. The average Bonchev–Trinajstić information content (AvgIpc) is 3.10. The van der Waals surface area contributed by atoms with Crippen molar-refractivity contribution in [3.8, 4) is 10.6 Å². The Morgan fingerprint density at radius 1 is 1.32 bits per heavy atom. The SMILES string of the molecule is Cc1ccn(CC(=O)NC2CCCc3sc(-c4ccc(F)cc4)nc32)c(=O)c1. The van der Waals surface area contributed by atoms with Gasteiger partial charge in [0.15, 0.2) is 0 Å². The van der Waals surface area contributed by atoms with E-state index in [1.165, 1.54) is 22.8 Å². The van der Waals surface area contributed by atoms with Crippen LogP contribution in [0.1, 0.15) is 35.0 Å². The summed E-state index contributed by atoms with van der Waals surface area (Å²) in [7, 11) is 0. The van der Waals surface area contributed by atoms with E-state index in [0.29, 0.717) is 0 Å². The smallest absolute Gasteiger partial charge is 0.251 e. The second-order valence-electron chi connectivity index (χ2n) is 7.02. The number of rotatable bonds is 4. The van der Waals surface area contributed by atoms with Gasteiger partial charge in [0, 0.05) is 22.7 Å². The van der Waals surface area contributed by atoms with Gasteiger partial charge in [0.25, 0.3) is 5.56 Å². The molecule has 1 unspecified atom stereocenters. The zero-order chi connectivity index (χ0) is 19.7. The van der Waals surface area contributed by atoms with Crippen molar-refractivity contribution in [2.75, 3.05) is 0 Å². The monoisotopic (exact) mass is 397 g/mol. The van der Waals surface area contributed by atoms with Gasteiger partial charge in [-0.15, -0.1) is 11.3 Å². The topological polar surface area (TPSA) is 64.0 Å². The van der Waals surface area contributed by atoms with Crippen LogP contribution in [0, 0.1) is 12.7 Å². The first-order valence-electron chi connectivity index (χ1n) is 9.21. The van der Waals surface area contributed by atoms with Gasteiger partial charge in [-0.05, 0) is 62.1 Å². The van der Waals surface area contributed by atoms with Gasteiger partial charge in [0.2, 0.25) is 5.91 Å². The van der Waals surface area contributed by atoms with Crippen LogP contribution in [-0.4, -0.2) is 15.5 Å². The quantitative estimate of drug-likeness (QED) is 0.731. The number of benzene rings is 1. The van der Waals surface area contributed by atoms with Gasteiger partial charge in [0.1, 0.15) is 17.4 Å². The van der Waals surface area contributed by atoms with E-state index in [4.69, 9.17) is 4.98 Å². The first-order chi connectivity index (χ1) is 13.5. The summed E-state index contributed by atoms with van der Waals surface area (Å²) in [5.41, 5.74) is 2.44. The highest BCUT2D eigenvalue weighted by Gasteiger charge is 2.26. The lowest BCUT2D eigenvalue weighted by Gasteiger charge is -2.22. The largest absolute Gasteiger partial charge is 0.346 e. The van der Waals surface area contributed by atoms with Crippen LogP contribution in [0.3, 0.4) is 0 Å². The van der Waals surface area contributed by atoms with E-state index in [1.54, 1.807) is 29.7 Å². The molecule has 28 heavy (non-hydrogen) atoms. The zero-order valence-electron chi connectivity index (χ0n) is 15.4. The summed E-state index contributed by atoms with van der Waals surface area (Å²) in [5, 5.41) is 3.86. The van der Waals surface area contributed by atoms with Crippen molar-refractivity contribution >= 4 is 17.2 Å². The van der Waals surface area contributed by atoms with Crippen molar-refractivity contribution in [2.45, 2.75) is 38.8 Å². The van der Waals surface area contributed by atoms with Crippen molar-refractivity contribution in [3.63, 3.8) is 0 Å². The van der Waals surface area contributed by atoms with E-state index < -0.39 is 0 Å². The first kappa shape index (κ1) is 18.6. The Morgan fingerprint density at radius 3 is 2.86 bits per heavy atom. The molecule has 1 atom stereocenters. The van der Waals surface area contributed by atoms with E-state index in [0.717, 1.165) is 46.0 Å².